The van der Waals surface area contributed by atoms with Gasteiger partial charge in [-0.25, -0.2) is 0 Å². The highest BCUT2D eigenvalue weighted by Crippen LogP contribution is 2.19. The molecule has 3 heteroatoms. The van der Waals surface area contributed by atoms with Crippen molar-refractivity contribution in [2.45, 2.75) is 63.1 Å². The second-order valence-corrected chi connectivity index (χ2v) is 5.07. The quantitative estimate of drug-likeness (QED) is 0.596. The van der Waals surface area contributed by atoms with Gasteiger partial charge in [0.15, 0.2) is 0 Å². The minimum absolute atomic E-state index is 0.0335. The molecule has 2 fully saturated rings. The third-order valence-electron chi connectivity index (χ3n) is 3.71. The van der Waals surface area contributed by atoms with E-state index in [-0.39, 0.29) is 6.10 Å². The summed E-state index contributed by atoms with van der Waals surface area (Å²) in [6.45, 7) is 2.13. The van der Waals surface area contributed by atoms with Crippen molar-refractivity contribution in [3.63, 3.8) is 0 Å². The molecule has 0 aromatic carbocycles. The molecule has 0 heterocycles. The minimum Gasteiger partial charge on any atom is -0.393 e. The van der Waals surface area contributed by atoms with Gasteiger partial charge in [0.2, 0.25) is 0 Å². The molecule has 3 N–H and O–H groups in total. The minimum atomic E-state index is -0.0335. The van der Waals surface area contributed by atoms with Gasteiger partial charge in [0.1, 0.15) is 0 Å². The van der Waals surface area contributed by atoms with Crippen LogP contribution < -0.4 is 10.6 Å². The number of rotatable bonds is 5. The Kier molecular flexibility index (Phi) is 4.42. The average molecular weight is 212 g/mol. The van der Waals surface area contributed by atoms with Gasteiger partial charge in [0, 0.05) is 25.2 Å². The van der Waals surface area contributed by atoms with E-state index in [0.29, 0.717) is 6.04 Å². The summed E-state index contributed by atoms with van der Waals surface area (Å²) in [5.74, 6) is 0. The number of aliphatic hydroxyl groups excluding tert-OH is 1. The first-order chi connectivity index (χ1) is 7.34. The Morgan fingerprint density at radius 3 is 2.07 bits per heavy atom. The summed E-state index contributed by atoms with van der Waals surface area (Å²) in [4.78, 5) is 0. The highest BCUT2D eigenvalue weighted by molar-refractivity contribution is 4.84. The molecule has 15 heavy (non-hydrogen) atoms. The maximum absolute atomic E-state index is 9.12. The van der Waals surface area contributed by atoms with Crippen LogP contribution in [0.3, 0.4) is 0 Å². The van der Waals surface area contributed by atoms with Crippen LogP contribution in [0.5, 0.6) is 0 Å². The lowest BCUT2D eigenvalue weighted by Crippen LogP contribution is -2.47. The van der Waals surface area contributed by atoms with Crippen LogP contribution in [0.1, 0.15) is 44.9 Å². The Bertz CT molecular complexity index is 174. The smallest absolute Gasteiger partial charge is 0.0570 e. The van der Waals surface area contributed by atoms with Crippen LogP contribution in [-0.2, 0) is 0 Å². The fourth-order valence-electron chi connectivity index (χ4n) is 2.61. The van der Waals surface area contributed by atoms with Gasteiger partial charge in [-0.2, -0.15) is 0 Å². The molecule has 0 amide bonds. The summed E-state index contributed by atoms with van der Waals surface area (Å²) < 4.78 is 0. The maximum Gasteiger partial charge on any atom is 0.0570 e. The van der Waals surface area contributed by atoms with Crippen LogP contribution in [0.4, 0.5) is 0 Å². The first-order valence-electron chi connectivity index (χ1n) is 6.49. The van der Waals surface area contributed by atoms with Crippen molar-refractivity contribution in [1.29, 1.82) is 0 Å². The van der Waals surface area contributed by atoms with E-state index in [1.807, 2.05) is 0 Å². The molecule has 2 saturated carbocycles. The SMILES string of the molecule is OC1CC(NCCNC2CCCCC2)C1. The molecule has 0 unspecified atom stereocenters. The summed E-state index contributed by atoms with van der Waals surface area (Å²) in [6, 6.07) is 1.35. The van der Waals surface area contributed by atoms with Gasteiger partial charge in [-0.05, 0) is 25.7 Å². The molecule has 0 spiro atoms. The van der Waals surface area contributed by atoms with Gasteiger partial charge in [-0.3, -0.25) is 0 Å². The molecule has 0 radical (unpaired) electrons. The van der Waals surface area contributed by atoms with Crippen molar-refractivity contribution >= 4 is 0 Å². The highest BCUT2D eigenvalue weighted by Gasteiger charge is 2.26. The van der Waals surface area contributed by atoms with E-state index in [1.54, 1.807) is 0 Å². The van der Waals surface area contributed by atoms with Crippen LogP contribution >= 0.6 is 0 Å². The number of aliphatic hydroxyl groups is 1. The lowest BCUT2D eigenvalue weighted by molar-refractivity contribution is 0.0627. The Hall–Kier alpha value is -0.120. The van der Waals surface area contributed by atoms with Crippen molar-refractivity contribution in [2.75, 3.05) is 13.1 Å². The van der Waals surface area contributed by atoms with Crippen molar-refractivity contribution in [3.05, 3.63) is 0 Å². The van der Waals surface area contributed by atoms with E-state index in [4.69, 9.17) is 5.11 Å². The summed E-state index contributed by atoms with van der Waals surface area (Å²) in [5.41, 5.74) is 0. The van der Waals surface area contributed by atoms with E-state index >= 15 is 0 Å². The fourth-order valence-corrected chi connectivity index (χ4v) is 2.61. The third kappa shape index (κ3) is 3.74. The van der Waals surface area contributed by atoms with Crippen molar-refractivity contribution < 1.29 is 5.11 Å². The van der Waals surface area contributed by atoms with Crippen LogP contribution in [0, 0.1) is 0 Å². The van der Waals surface area contributed by atoms with Gasteiger partial charge >= 0.3 is 0 Å². The van der Waals surface area contributed by atoms with E-state index < -0.39 is 0 Å². The van der Waals surface area contributed by atoms with E-state index in [1.165, 1.54) is 32.1 Å². The largest absolute Gasteiger partial charge is 0.393 e. The normalized spacial score (nSPS) is 32.6. The van der Waals surface area contributed by atoms with Gasteiger partial charge in [0.25, 0.3) is 0 Å². The monoisotopic (exact) mass is 212 g/mol. The van der Waals surface area contributed by atoms with Gasteiger partial charge in [-0.15, -0.1) is 0 Å². The predicted octanol–water partition coefficient (Wildman–Crippen LogP) is 1.02. The number of hydrogen-bond acceptors (Lipinski definition) is 3. The Labute approximate surface area is 92.6 Å². The van der Waals surface area contributed by atoms with Gasteiger partial charge in [-0.1, -0.05) is 19.3 Å². The summed E-state index contributed by atoms with van der Waals surface area (Å²) >= 11 is 0. The molecule has 0 aromatic rings. The first kappa shape index (κ1) is 11.4. The lowest BCUT2D eigenvalue weighted by Gasteiger charge is -2.32. The molecule has 0 bridgehead atoms. The van der Waals surface area contributed by atoms with Crippen LogP contribution in [0.15, 0.2) is 0 Å². The summed E-state index contributed by atoms with van der Waals surface area (Å²) in [6.07, 6.45) is 8.82. The maximum atomic E-state index is 9.12. The highest BCUT2D eigenvalue weighted by atomic mass is 16.3. The zero-order chi connectivity index (χ0) is 10.5. The Balaban J connectivity index is 1.44. The molecule has 3 nitrogen and oxygen atoms in total. The molecule has 0 saturated heterocycles. The molecule has 0 atom stereocenters. The van der Waals surface area contributed by atoms with Crippen molar-refractivity contribution in [2.24, 2.45) is 0 Å². The van der Waals surface area contributed by atoms with Gasteiger partial charge in [0.05, 0.1) is 6.10 Å². The molecule has 2 aliphatic carbocycles. The Morgan fingerprint density at radius 1 is 0.867 bits per heavy atom. The predicted molar refractivity (Wildman–Crippen MR) is 61.9 cm³/mol. The Morgan fingerprint density at radius 2 is 1.47 bits per heavy atom. The van der Waals surface area contributed by atoms with Crippen LogP contribution in [-0.4, -0.2) is 36.4 Å². The van der Waals surface area contributed by atoms with Crippen LogP contribution in [0.2, 0.25) is 0 Å². The van der Waals surface area contributed by atoms with Crippen molar-refractivity contribution in [1.82, 2.24) is 10.6 Å². The molecule has 2 aliphatic rings. The van der Waals surface area contributed by atoms with Crippen LogP contribution in [0.25, 0.3) is 0 Å². The number of nitrogens with one attached hydrogen (secondary N) is 2. The topological polar surface area (TPSA) is 44.3 Å². The molecule has 2 rings (SSSR count). The van der Waals surface area contributed by atoms with E-state index in [0.717, 1.165) is 32.0 Å². The molecular formula is C12H24N2O. The molecule has 0 aromatic heterocycles. The van der Waals surface area contributed by atoms with Gasteiger partial charge < -0.3 is 15.7 Å². The summed E-state index contributed by atoms with van der Waals surface area (Å²) in [5, 5.41) is 16.2. The number of hydrogen-bond donors (Lipinski definition) is 3. The van der Waals surface area contributed by atoms with Crippen molar-refractivity contribution in [3.8, 4) is 0 Å². The molecular weight excluding hydrogens is 188 g/mol. The molecule has 88 valence electrons. The lowest BCUT2D eigenvalue weighted by atomic mass is 9.89. The molecule has 0 aliphatic heterocycles. The zero-order valence-electron chi connectivity index (χ0n) is 9.54. The summed E-state index contributed by atoms with van der Waals surface area (Å²) in [7, 11) is 0. The van der Waals surface area contributed by atoms with E-state index in [9.17, 15) is 0 Å². The second kappa shape index (κ2) is 5.83. The standard InChI is InChI=1S/C12H24N2O/c15-12-8-11(9-12)14-7-6-13-10-4-2-1-3-5-10/h10-15H,1-9H2. The zero-order valence-corrected chi connectivity index (χ0v) is 9.54. The first-order valence-corrected chi connectivity index (χ1v) is 6.49. The average Bonchev–Trinajstić information content (AvgIpc) is 2.23. The second-order valence-electron chi connectivity index (χ2n) is 5.07. The third-order valence-corrected chi connectivity index (χ3v) is 3.71. The van der Waals surface area contributed by atoms with E-state index in [2.05, 4.69) is 10.6 Å². The fraction of sp³-hybridized carbons (Fsp3) is 1.00.